The highest BCUT2D eigenvalue weighted by atomic mass is 35.5. The van der Waals surface area contributed by atoms with Gasteiger partial charge in [-0.25, -0.2) is 9.37 Å². The molecule has 11 nitrogen and oxygen atoms in total. The van der Waals surface area contributed by atoms with E-state index in [9.17, 15) is 9.18 Å². The Kier molecular flexibility index (Phi) is 6.88. The van der Waals surface area contributed by atoms with Gasteiger partial charge in [0, 0.05) is 57.4 Å². The van der Waals surface area contributed by atoms with Gasteiger partial charge < -0.3 is 24.2 Å². The van der Waals surface area contributed by atoms with Gasteiger partial charge in [0.1, 0.15) is 28.3 Å². The molecule has 6 rings (SSSR count). The maximum atomic E-state index is 14.6. The van der Waals surface area contributed by atoms with Crippen LogP contribution in [0, 0.1) is 11.7 Å². The SMILES string of the molecule is C=CC(=O)N1CCN(c2nc(OC3CN(C)C[C@H]3C)nc3c(Oc4c(Cl)c(F)cc5[nH]ncc45)nccc23)CC1. The normalized spacial score (nSPS) is 19.9. The van der Waals surface area contributed by atoms with Crippen molar-refractivity contribution in [3.05, 3.63) is 48.0 Å². The molecule has 1 amide bonds. The van der Waals surface area contributed by atoms with Crippen LogP contribution in [0.1, 0.15) is 6.92 Å². The summed E-state index contributed by atoms with van der Waals surface area (Å²) in [5.41, 5.74) is 0.825. The summed E-state index contributed by atoms with van der Waals surface area (Å²) < 4.78 is 27.1. The minimum absolute atomic E-state index is 0.0793. The summed E-state index contributed by atoms with van der Waals surface area (Å²) in [6, 6.07) is 3.25. The zero-order valence-corrected chi connectivity index (χ0v) is 22.9. The molecule has 40 heavy (non-hydrogen) atoms. The minimum Gasteiger partial charge on any atom is -0.458 e. The summed E-state index contributed by atoms with van der Waals surface area (Å²) in [6.07, 6.45) is 4.32. The summed E-state index contributed by atoms with van der Waals surface area (Å²) in [5.74, 6) is 0.364. The van der Waals surface area contributed by atoms with Gasteiger partial charge in [0.2, 0.25) is 11.8 Å². The molecule has 208 valence electrons. The Hall–Kier alpha value is -4.03. The first-order valence-corrected chi connectivity index (χ1v) is 13.4. The first kappa shape index (κ1) is 26.2. The summed E-state index contributed by atoms with van der Waals surface area (Å²) in [5, 5.41) is 7.71. The van der Waals surface area contributed by atoms with E-state index in [0.29, 0.717) is 53.8 Å². The van der Waals surface area contributed by atoms with Gasteiger partial charge in [-0.2, -0.15) is 15.1 Å². The molecule has 2 atom stereocenters. The molecule has 4 aromatic rings. The number of halogens is 2. The molecule has 2 fully saturated rings. The zero-order chi connectivity index (χ0) is 28.0. The highest BCUT2D eigenvalue weighted by Crippen LogP contribution is 2.40. The van der Waals surface area contributed by atoms with E-state index >= 15 is 0 Å². The van der Waals surface area contributed by atoms with Crippen molar-refractivity contribution in [1.82, 2.24) is 34.9 Å². The third-order valence-corrected chi connectivity index (χ3v) is 7.73. The number of aromatic amines is 1. The molecule has 0 saturated carbocycles. The molecule has 5 heterocycles. The second-order valence-corrected chi connectivity index (χ2v) is 10.5. The molecule has 2 aliphatic rings. The molecule has 1 unspecified atom stereocenters. The molecule has 2 aliphatic heterocycles. The van der Waals surface area contributed by atoms with Gasteiger partial charge in [0.25, 0.3) is 0 Å². The highest BCUT2D eigenvalue weighted by Gasteiger charge is 2.31. The van der Waals surface area contributed by atoms with Gasteiger partial charge in [-0.3, -0.25) is 9.89 Å². The lowest BCUT2D eigenvalue weighted by atomic mass is 10.1. The van der Waals surface area contributed by atoms with E-state index in [1.54, 1.807) is 17.2 Å². The molecular weight excluding hydrogens is 539 g/mol. The number of nitrogens with one attached hydrogen (secondary N) is 1. The molecular formula is C27H28ClFN8O3. The summed E-state index contributed by atoms with van der Waals surface area (Å²) >= 11 is 6.33. The van der Waals surface area contributed by atoms with Crippen LogP contribution >= 0.6 is 11.6 Å². The standard InChI is InChI=1S/C27H28ClFN8O3/c1-4-21(38)36-7-9-37(10-8-36)25-16-5-6-30-26(40-24-17-12-31-34-19(17)11-18(29)22(24)28)23(16)32-27(33-25)39-20-14-35(3)13-15(20)2/h4-6,11-12,15,20H,1,7-10,13-14H2,2-3H3,(H,31,34)/t15-,20?/m1/s1. The Morgan fingerprint density at radius 2 is 2.02 bits per heavy atom. The van der Waals surface area contributed by atoms with Crippen LogP contribution in [0.5, 0.6) is 17.6 Å². The summed E-state index contributed by atoms with van der Waals surface area (Å²) in [6.45, 7) is 9.51. The van der Waals surface area contributed by atoms with Crippen LogP contribution in [0.4, 0.5) is 10.2 Å². The van der Waals surface area contributed by atoms with Gasteiger partial charge in [0.15, 0.2) is 5.75 Å². The first-order chi connectivity index (χ1) is 19.3. The molecule has 0 radical (unpaired) electrons. The number of likely N-dealkylation sites (tertiary alicyclic amines) is 1. The largest absolute Gasteiger partial charge is 0.458 e. The molecule has 0 bridgehead atoms. The maximum Gasteiger partial charge on any atom is 0.319 e. The van der Waals surface area contributed by atoms with E-state index in [4.69, 9.17) is 31.0 Å². The highest BCUT2D eigenvalue weighted by molar-refractivity contribution is 6.33. The van der Waals surface area contributed by atoms with Crippen LogP contribution in [0.3, 0.4) is 0 Å². The van der Waals surface area contributed by atoms with Crippen molar-refractivity contribution in [3.63, 3.8) is 0 Å². The fraction of sp³-hybridized carbons (Fsp3) is 0.370. The predicted octanol–water partition coefficient (Wildman–Crippen LogP) is 3.65. The van der Waals surface area contributed by atoms with E-state index in [2.05, 4.69) is 38.5 Å². The lowest BCUT2D eigenvalue weighted by molar-refractivity contribution is -0.126. The van der Waals surface area contributed by atoms with Gasteiger partial charge in [-0.1, -0.05) is 25.1 Å². The molecule has 13 heteroatoms. The van der Waals surface area contributed by atoms with Crippen molar-refractivity contribution in [3.8, 4) is 17.6 Å². The minimum atomic E-state index is -0.653. The number of anilines is 1. The number of likely N-dealkylation sites (N-methyl/N-ethyl adjacent to an activating group) is 1. The average molecular weight is 567 g/mol. The Balaban J connectivity index is 1.43. The summed E-state index contributed by atoms with van der Waals surface area (Å²) in [4.78, 5) is 32.1. The fourth-order valence-electron chi connectivity index (χ4n) is 5.29. The number of carbonyl (C=O) groups excluding carboxylic acids is 1. The number of pyridine rings is 1. The third-order valence-electron chi connectivity index (χ3n) is 7.38. The number of H-pyrrole nitrogens is 1. The number of aromatic nitrogens is 5. The number of carbonyl (C=O) groups is 1. The van der Waals surface area contributed by atoms with Crippen LogP contribution in [0.2, 0.25) is 5.02 Å². The Morgan fingerprint density at radius 1 is 1.23 bits per heavy atom. The van der Waals surface area contributed by atoms with E-state index in [0.717, 1.165) is 13.1 Å². The number of nitrogens with zero attached hydrogens (tertiary/aromatic N) is 7. The summed E-state index contributed by atoms with van der Waals surface area (Å²) in [7, 11) is 2.05. The molecule has 0 spiro atoms. The van der Waals surface area contributed by atoms with E-state index < -0.39 is 5.82 Å². The van der Waals surface area contributed by atoms with E-state index in [1.807, 2.05) is 7.05 Å². The van der Waals surface area contributed by atoms with Gasteiger partial charge in [0.05, 0.1) is 22.5 Å². The topological polar surface area (TPSA) is 113 Å². The average Bonchev–Trinajstić information content (AvgIpc) is 3.55. The smallest absolute Gasteiger partial charge is 0.319 e. The zero-order valence-electron chi connectivity index (χ0n) is 22.1. The second-order valence-electron chi connectivity index (χ2n) is 10.1. The number of piperazine rings is 1. The van der Waals surface area contributed by atoms with Crippen LogP contribution in [0.15, 0.2) is 37.2 Å². The van der Waals surface area contributed by atoms with E-state index in [-0.39, 0.29) is 40.6 Å². The molecule has 2 saturated heterocycles. The number of hydrogen-bond donors (Lipinski definition) is 1. The predicted molar refractivity (Wildman–Crippen MR) is 149 cm³/mol. The van der Waals surface area contributed by atoms with Crippen molar-refractivity contribution in [2.45, 2.75) is 13.0 Å². The number of hydrogen-bond acceptors (Lipinski definition) is 9. The first-order valence-electron chi connectivity index (χ1n) is 13.0. The molecule has 0 aliphatic carbocycles. The number of rotatable bonds is 6. The van der Waals surface area contributed by atoms with Crippen molar-refractivity contribution in [2.75, 3.05) is 51.2 Å². The fourth-order valence-corrected chi connectivity index (χ4v) is 5.49. The number of amides is 1. The third kappa shape index (κ3) is 4.77. The monoisotopic (exact) mass is 566 g/mol. The molecule has 1 aromatic carbocycles. The van der Waals surface area contributed by atoms with Gasteiger partial charge in [-0.05, 0) is 19.2 Å². The van der Waals surface area contributed by atoms with Gasteiger partial charge >= 0.3 is 6.01 Å². The number of benzene rings is 1. The van der Waals surface area contributed by atoms with Crippen molar-refractivity contribution in [1.29, 1.82) is 0 Å². The second kappa shape index (κ2) is 10.5. The van der Waals surface area contributed by atoms with E-state index in [1.165, 1.54) is 18.3 Å². The molecule has 1 N–H and O–H groups in total. The van der Waals surface area contributed by atoms with Crippen molar-refractivity contribution >= 4 is 45.1 Å². The maximum absolute atomic E-state index is 14.6. The van der Waals surface area contributed by atoms with Crippen LogP contribution in [-0.2, 0) is 4.79 Å². The Bertz CT molecular complexity index is 1610. The van der Waals surface area contributed by atoms with Crippen LogP contribution in [-0.4, -0.2) is 93.3 Å². The van der Waals surface area contributed by atoms with Crippen LogP contribution in [0.25, 0.3) is 21.8 Å². The van der Waals surface area contributed by atoms with Crippen molar-refractivity contribution in [2.24, 2.45) is 5.92 Å². The lowest BCUT2D eigenvalue weighted by Crippen LogP contribution is -2.48. The number of ether oxygens (including phenoxy) is 2. The van der Waals surface area contributed by atoms with Crippen molar-refractivity contribution < 1.29 is 18.7 Å². The molecule has 3 aromatic heterocycles. The quantitative estimate of drug-likeness (QED) is 0.349. The Labute approximate surface area is 234 Å². The number of fused-ring (bicyclic) bond motifs is 2. The van der Waals surface area contributed by atoms with Crippen LogP contribution < -0.4 is 14.4 Å². The van der Waals surface area contributed by atoms with Gasteiger partial charge in [-0.15, -0.1) is 0 Å². The lowest BCUT2D eigenvalue weighted by Gasteiger charge is -2.35. The Morgan fingerprint density at radius 3 is 2.75 bits per heavy atom.